The lowest BCUT2D eigenvalue weighted by Crippen LogP contribution is -1.99. The third-order valence-corrected chi connectivity index (χ3v) is 10.5. The molecule has 1 aliphatic rings. The number of benzene rings is 8. The molecule has 0 spiro atoms. The molecule has 0 aliphatic heterocycles. The molecule has 0 bridgehead atoms. The minimum Gasteiger partial charge on any atom is -0.455 e. The van der Waals surface area contributed by atoms with Crippen molar-refractivity contribution in [2.75, 3.05) is 0 Å². The van der Waals surface area contributed by atoms with Gasteiger partial charge in [-0.15, -0.1) is 0 Å². The fourth-order valence-electron chi connectivity index (χ4n) is 8.19. The number of rotatable bonds is 3. The topological polar surface area (TPSA) is 13.1 Å². The summed E-state index contributed by atoms with van der Waals surface area (Å²) in [5, 5.41) is 9.87. The maximum absolute atomic E-state index is 6.58. The van der Waals surface area contributed by atoms with Crippen LogP contribution < -0.4 is 0 Å². The molecule has 9 aromatic rings. The first-order chi connectivity index (χ1) is 23.7. The largest absolute Gasteiger partial charge is 0.455 e. The summed E-state index contributed by atoms with van der Waals surface area (Å²) in [7, 11) is 0. The summed E-state index contributed by atoms with van der Waals surface area (Å²) in [5.41, 5.74) is 12.0. The van der Waals surface area contributed by atoms with Gasteiger partial charge in [0.15, 0.2) is 0 Å². The molecule has 8 aromatic carbocycles. The summed E-state index contributed by atoms with van der Waals surface area (Å²) in [6, 6.07) is 53.5. The molecule has 48 heavy (non-hydrogen) atoms. The van der Waals surface area contributed by atoms with Gasteiger partial charge in [-0.3, -0.25) is 0 Å². The zero-order valence-electron chi connectivity index (χ0n) is 26.7. The molecule has 0 saturated carbocycles. The summed E-state index contributed by atoms with van der Waals surface area (Å²) in [6.45, 7) is 2.30. The molecule has 1 aliphatic carbocycles. The fourth-order valence-corrected chi connectivity index (χ4v) is 8.19. The van der Waals surface area contributed by atoms with Crippen LogP contribution in [0.4, 0.5) is 0 Å². The molecule has 1 heterocycles. The van der Waals surface area contributed by atoms with Crippen molar-refractivity contribution in [2.45, 2.75) is 19.3 Å². The lowest BCUT2D eigenvalue weighted by molar-refractivity contribution is 0.664. The Balaban J connectivity index is 1.27. The predicted molar refractivity (Wildman–Crippen MR) is 205 cm³/mol. The van der Waals surface area contributed by atoms with Crippen LogP contribution in [-0.2, 0) is 0 Å². The number of fused-ring (bicyclic) bond motifs is 8. The first-order valence-corrected chi connectivity index (χ1v) is 16.9. The average Bonchev–Trinajstić information content (AvgIpc) is 3.52. The van der Waals surface area contributed by atoms with Gasteiger partial charge in [-0.25, -0.2) is 0 Å². The second-order valence-electron chi connectivity index (χ2n) is 13.2. The third-order valence-electron chi connectivity index (χ3n) is 10.5. The maximum atomic E-state index is 6.58. The minimum atomic E-state index is 0.500. The third kappa shape index (κ3) is 4.04. The fraction of sp³-hybridized carbons (Fsp3) is 0.0638. The highest BCUT2D eigenvalue weighted by Crippen LogP contribution is 2.47. The number of hydrogen-bond donors (Lipinski definition) is 0. The van der Waals surface area contributed by atoms with Gasteiger partial charge in [-0.1, -0.05) is 140 Å². The smallest absolute Gasteiger partial charge is 0.142 e. The van der Waals surface area contributed by atoms with E-state index in [1.54, 1.807) is 0 Å². The van der Waals surface area contributed by atoms with Crippen molar-refractivity contribution in [2.24, 2.45) is 0 Å². The van der Waals surface area contributed by atoms with Crippen LogP contribution in [0.2, 0.25) is 0 Å². The van der Waals surface area contributed by atoms with E-state index in [0.29, 0.717) is 5.92 Å². The lowest BCUT2D eigenvalue weighted by atomic mass is 9.83. The zero-order chi connectivity index (χ0) is 31.8. The Morgan fingerprint density at radius 3 is 1.92 bits per heavy atom. The monoisotopic (exact) mass is 612 g/mol. The van der Waals surface area contributed by atoms with Crippen molar-refractivity contribution in [3.8, 4) is 33.4 Å². The molecule has 1 nitrogen and oxygen atoms in total. The van der Waals surface area contributed by atoms with Gasteiger partial charge >= 0.3 is 0 Å². The summed E-state index contributed by atoms with van der Waals surface area (Å²) in [4.78, 5) is 0. The van der Waals surface area contributed by atoms with Gasteiger partial charge in [0, 0.05) is 16.3 Å². The molecule has 1 aromatic heterocycles. The van der Waals surface area contributed by atoms with E-state index in [4.69, 9.17) is 4.42 Å². The molecular formula is C47H32O. The van der Waals surface area contributed by atoms with Crippen molar-refractivity contribution >= 4 is 60.3 Å². The molecule has 0 radical (unpaired) electrons. The molecule has 10 rings (SSSR count). The van der Waals surface area contributed by atoms with E-state index in [1.165, 1.54) is 82.2 Å². The Bertz CT molecular complexity index is 2700. The second kappa shape index (κ2) is 10.6. The van der Waals surface area contributed by atoms with E-state index in [-0.39, 0.29) is 0 Å². The van der Waals surface area contributed by atoms with Gasteiger partial charge in [-0.2, -0.15) is 0 Å². The Labute approximate surface area is 279 Å². The van der Waals surface area contributed by atoms with Crippen LogP contribution >= 0.6 is 0 Å². The SMILES string of the molecule is CC1CC=Cc2c1ccc1c2oc2ccc(-c3c4ccccc4c(-c4cc(-c5ccccc5)cc5ccccc45)c4ccccc34)cc21. The summed E-state index contributed by atoms with van der Waals surface area (Å²) in [6.07, 6.45) is 5.60. The van der Waals surface area contributed by atoms with Crippen molar-refractivity contribution < 1.29 is 4.42 Å². The van der Waals surface area contributed by atoms with Gasteiger partial charge in [0.05, 0.1) is 0 Å². The van der Waals surface area contributed by atoms with E-state index in [0.717, 1.165) is 23.0 Å². The summed E-state index contributed by atoms with van der Waals surface area (Å²) >= 11 is 0. The first kappa shape index (κ1) is 27.2. The quantitative estimate of drug-likeness (QED) is 0.181. The minimum absolute atomic E-state index is 0.500. The van der Waals surface area contributed by atoms with Crippen molar-refractivity contribution in [1.82, 2.24) is 0 Å². The molecule has 0 fully saturated rings. The van der Waals surface area contributed by atoms with Crippen LogP contribution in [0.1, 0.15) is 30.4 Å². The molecule has 0 amide bonds. The molecule has 1 unspecified atom stereocenters. The molecule has 1 heteroatoms. The van der Waals surface area contributed by atoms with Gasteiger partial charge in [-0.05, 0) is 108 Å². The van der Waals surface area contributed by atoms with Gasteiger partial charge in [0.1, 0.15) is 11.2 Å². The average molecular weight is 613 g/mol. The van der Waals surface area contributed by atoms with Crippen LogP contribution in [0.5, 0.6) is 0 Å². The molecule has 226 valence electrons. The van der Waals surface area contributed by atoms with Crippen molar-refractivity contribution in [3.63, 3.8) is 0 Å². The Morgan fingerprint density at radius 2 is 1.17 bits per heavy atom. The molecular weight excluding hydrogens is 581 g/mol. The Kier molecular flexibility index (Phi) is 5.98. The van der Waals surface area contributed by atoms with Gasteiger partial charge in [0.25, 0.3) is 0 Å². The van der Waals surface area contributed by atoms with Gasteiger partial charge < -0.3 is 4.42 Å². The van der Waals surface area contributed by atoms with Crippen LogP contribution in [0.15, 0.2) is 156 Å². The van der Waals surface area contributed by atoms with Crippen LogP contribution in [0.25, 0.3) is 93.7 Å². The highest BCUT2D eigenvalue weighted by molar-refractivity contribution is 6.24. The lowest BCUT2D eigenvalue weighted by Gasteiger charge is -2.19. The Morgan fingerprint density at radius 1 is 0.500 bits per heavy atom. The van der Waals surface area contributed by atoms with Crippen molar-refractivity contribution in [1.29, 1.82) is 0 Å². The first-order valence-electron chi connectivity index (χ1n) is 16.9. The summed E-state index contributed by atoms with van der Waals surface area (Å²) < 4.78 is 6.58. The van der Waals surface area contributed by atoms with E-state index in [2.05, 4.69) is 165 Å². The highest BCUT2D eigenvalue weighted by Gasteiger charge is 2.22. The van der Waals surface area contributed by atoms with Crippen LogP contribution in [0.3, 0.4) is 0 Å². The number of furan rings is 1. The summed E-state index contributed by atoms with van der Waals surface area (Å²) in [5.74, 6) is 0.500. The van der Waals surface area contributed by atoms with Crippen molar-refractivity contribution in [3.05, 3.63) is 163 Å². The van der Waals surface area contributed by atoms with E-state index in [1.807, 2.05) is 0 Å². The number of allylic oxidation sites excluding steroid dienone is 1. The van der Waals surface area contributed by atoms with Gasteiger partial charge in [0.2, 0.25) is 0 Å². The predicted octanol–water partition coefficient (Wildman–Crippen LogP) is 13.6. The standard InChI is InChI=1S/C47H32O/c1-29-12-11-21-40-34(29)23-24-41-42-27-32(22-25-44(42)48-47(40)41)45-36-17-7-9-19-38(36)46(39-20-10-8-18-37(39)45)43-28-33(30-13-3-2-4-14-30)26-31-15-5-6-16-35(31)43/h2-11,13-29H,12H2,1H3. The molecule has 0 saturated heterocycles. The van der Waals surface area contributed by atoms with Crippen LogP contribution in [-0.4, -0.2) is 0 Å². The highest BCUT2D eigenvalue weighted by atomic mass is 16.3. The molecule has 0 N–H and O–H groups in total. The van der Waals surface area contributed by atoms with E-state index in [9.17, 15) is 0 Å². The maximum Gasteiger partial charge on any atom is 0.142 e. The Hall–Kier alpha value is -5.92. The van der Waals surface area contributed by atoms with E-state index >= 15 is 0 Å². The normalized spacial score (nSPS) is 14.4. The second-order valence-corrected chi connectivity index (χ2v) is 13.2. The van der Waals surface area contributed by atoms with Crippen LogP contribution in [0, 0.1) is 0 Å². The number of hydrogen-bond acceptors (Lipinski definition) is 1. The van der Waals surface area contributed by atoms with E-state index < -0.39 is 0 Å². The zero-order valence-corrected chi connectivity index (χ0v) is 26.7. The molecule has 1 atom stereocenters.